The highest BCUT2D eigenvalue weighted by Crippen LogP contribution is 2.37. The molecule has 0 aliphatic carbocycles. The van der Waals surface area contributed by atoms with E-state index in [9.17, 15) is 35.1 Å². The van der Waals surface area contributed by atoms with Gasteiger partial charge in [0.25, 0.3) is 0 Å². The molecule has 0 aromatic heterocycles. The second-order valence-corrected chi connectivity index (χ2v) is 5.66. The maximum absolute atomic E-state index is 13.0. The second-order valence-electron chi connectivity index (χ2n) is 5.66. The van der Waals surface area contributed by atoms with E-state index in [0.717, 1.165) is 6.07 Å². The molecular weight excluding hydrogens is 424 g/mol. The third kappa shape index (κ3) is 6.78. The fraction of sp³-hybridized carbons (Fsp3) is 0.200. The molecule has 2 aromatic rings. The van der Waals surface area contributed by atoms with Crippen molar-refractivity contribution in [3.8, 4) is 11.5 Å². The van der Waals surface area contributed by atoms with Gasteiger partial charge in [0.1, 0.15) is 6.61 Å². The number of alkyl halides is 6. The van der Waals surface area contributed by atoms with Gasteiger partial charge in [0.05, 0.1) is 11.1 Å². The van der Waals surface area contributed by atoms with Crippen LogP contribution >= 0.6 is 0 Å². The zero-order valence-corrected chi connectivity index (χ0v) is 15.2. The van der Waals surface area contributed by atoms with Crippen LogP contribution in [-0.4, -0.2) is 11.7 Å². The zero-order chi connectivity index (χ0) is 23.1. The van der Waals surface area contributed by atoms with Crippen LogP contribution in [0.3, 0.4) is 0 Å². The molecule has 1 N–H and O–H groups in total. The molecule has 0 heterocycles. The van der Waals surface area contributed by atoms with Crippen LogP contribution in [0.5, 0.6) is 11.5 Å². The van der Waals surface area contributed by atoms with Crippen molar-refractivity contribution in [1.29, 1.82) is 0 Å². The Bertz CT molecular complexity index is 886. The molecular formula is C20H16F8O2. The molecule has 10 heteroatoms. The highest BCUT2D eigenvalue weighted by Gasteiger charge is 2.34. The van der Waals surface area contributed by atoms with E-state index < -0.39 is 52.2 Å². The number of ether oxygens (including phenoxy) is 1. The van der Waals surface area contributed by atoms with E-state index in [-0.39, 0.29) is 13.0 Å². The summed E-state index contributed by atoms with van der Waals surface area (Å²) in [6, 6.07) is 3.20. The summed E-state index contributed by atoms with van der Waals surface area (Å²) in [6.45, 7) is 6.51. The molecule has 0 saturated carbocycles. The van der Waals surface area contributed by atoms with Crippen LogP contribution in [0.25, 0.3) is 0 Å². The minimum atomic E-state index is -4.61. The predicted octanol–water partition coefficient (Wildman–Crippen LogP) is 6.69. The van der Waals surface area contributed by atoms with Gasteiger partial charge >= 0.3 is 12.4 Å². The molecule has 0 spiro atoms. The van der Waals surface area contributed by atoms with Gasteiger partial charge in [0.2, 0.25) is 0 Å². The van der Waals surface area contributed by atoms with E-state index in [0.29, 0.717) is 24.3 Å². The summed E-state index contributed by atoms with van der Waals surface area (Å²) in [4.78, 5) is 0. The standard InChI is InChI=1S/2C10H8F4O/c1-2-5-15-9-6-7(10(12,13)14)3-4-8(9)11;1-2-3-6-7(10(12,13)14)4-5-8(11)9(6)15/h2-4,6H,1,5H2;2,4-5,15H,1,3H2. The molecule has 0 aliphatic heterocycles. The first-order valence-corrected chi connectivity index (χ1v) is 8.11. The largest absolute Gasteiger partial charge is 0.505 e. The normalized spacial score (nSPS) is 11.3. The SMILES string of the molecule is C=CCOc1cc(C(F)(F)F)ccc1F.C=CCc1c(C(F)(F)F)ccc(F)c1O. The predicted molar refractivity (Wildman–Crippen MR) is 94.1 cm³/mol. The minimum absolute atomic E-state index is 0.0434. The van der Waals surface area contributed by atoms with Gasteiger partial charge in [-0.2, -0.15) is 26.3 Å². The zero-order valence-electron chi connectivity index (χ0n) is 15.2. The summed E-state index contributed by atoms with van der Waals surface area (Å²) in [5.74, 6) is -3.29. The Morgan fingerprint density at radius 3 is 1.97 bits per heavy atom. The van der Waals surface area contributed by atoms with Crippen molar-refractivity contribution in [3.05, 3.63) is 84.0 Å². The first-order chi connectivity index (χ1) is 13.8. The van der Waals surface area contributed by atoms with E-state index >= 15 is 0 Å². The first-order valence-electron chi connectivity index (χ1n) is 8.11. The first kappa shape index (κ1) is 25.0. The van der Waals surface area contributed by atoms with E-state index in [4.69, 9.17) is 9.84 Å². The topological polar surface area (TPSA) is 29.5 Å². The molecule has 164 valence electrons. The van der Waals surface area contributed by atoms with E-state index in [1.807, 2.05) is 0 Å². The molecule has 0 fully saturated rings. The van der Waals surface area contributed by atoms with Gasteiger partial charge in [-0.3, -0.25) is 0 Å². The lowest BCUT2D eigenvalue weighted by atomic mass is 10.0. The Morgan fingerprint density at radius 2 is 1.47 bits per heavy atom. The summed E-state index contributed by atoms with van der Waals surface area (Å²) in [7, 11) is 0. The maximum atomic E-state index is 13.0. The van der Waals surface area contributed by atoms with Crippen LogP contribution in [0.1, 0.15) is 16.7 Å². The number of hydrogen-bond acceptors (Lipinski definition) is 2. The van der Waals surface area contributed by atoms with Crippen molar-refractivity contribution in [3.63, 3.8) is 0 Å². The van der Waals surface area contributed by atoms with Gasteiger partial charge in [0, 0.05) is 5.56 Å². The van der Waals surface area contributed by atoms with Crippen LogP contribution in [0.15, 0.2) is 55.6 Å². The lowest BCUT2D eigenvalue weighted by molar-refractivity contribution is -0.138. The fourth-order valence-electron chi connectivity index (χ4n) is 2.16. The molecule has 0 amide bonds. The van der Waals surface area contributed by atoms with Crippen molar-refractivity contribution >= 4 is 0 Å². The van der Waals surface area contributed by atoms with Gasteiger partial charge in [-0.25, -0.2) is 8.78 Å². The third-order valence-corrected chi connectivity index (χ3v) is 3.50. The number of phenolic OH excluding ortho intramolecular Hbond substituents is 1. The Labute approximate surface area is 166 Å². The fourth-order valence-corrected chi connectivity index (χ4v) is 2.16. The lowest BCUT2D eigenvalue weighted by Gasteiger charge is -2.13. The third-order valence-electron chi connectivity index (χ3n) is 3.50. The van der Waals surface area contributed by atoms with E-state index in [1.165, 1.54) is 12.2 Å². The molecule has 2 rings (SSSR count). The number of aromatic hydroxyl groups is 1. The summed E-state index contributed by atoms with van der Waals surface area (Å²) in [6.07, 6.45) is -6.86. The van der Waals surface area contributed by atoms with Crippen molar-refractivity contribution in [1.82, 2.24) is 0 Å². The summed E-state index contributed by atoms with van der Waals surface area (Å²) >= 11 is 0. The highest BCUT2D eigenvalue weighted by atomic mass is 19.4. The van der Waals surface area contributed by atoms with Crippen molar-refractivity contribution in [2.24, 2.45) is 0 Å². The molecule has 0 saturated heterocycles. The van der Waals surface area contributed by atoms with Crippen molar-refractivity contribution < 1.29 is 45.0 Å². The Balaban J connectivity index is 0.000000300. The van der Waals surface area contributed by atoms with Crippen LogP contribution < -0.4 is 4.74 Å². The Hall–Kier alpha value is -3.04. The van der Waals surface area contributed by atoms with Crippen LogP contribution in [0, 0.1) is 11.6 Å². The highest BCUT2D eigenvalue weighted by molar-refractivity contribution is 5.43. The molecule has 0 unspecified atom stereocenters. The van der Waals surface area contributed by atoms with Gasteiger partial charge in [0.15, 0.2) is 23.1 Å². The maximum Gasteiger partial charge on any atom is 0.416 e. The molecule has 0 bridgehead atoms. The van der Waals surface area contributed by atoms with Crippen LogP contribution in [0.4, 0.5) is 35.1 Å². The molecule has 30 heavy (non-hydrogen) atoms. The monoisotopic (exact) mass is 440 g/mol. The van der Waals surface area contributed by atoms with Crippen molar-refractivity contribution in [2.45, 2.75) is 18.8 Å². The van der Waals surface area contributed by atoms with Crippen molar-refractivity contribution in [2.75, 3.05) is 6.61 Å². The number of phenols is 1. The Morgan fingerprint density at radius 1 is 0.867 bits per heavy atom. The van der Waals surface area contributed by atoms with Crippen LogP contribution in [-0.2, 0) is 18.8 Å². The van der Waals surface area contributed by atoms with Gasteiger partial charge in [-0.1, -0.05) is 18.7 Å². The summed E-state index contributed by atoms with van der Waals surface area (Å²) in [5.41, 5.74) is -2.47. The van der Waals surface area contributed by atoms with E-state index in [2.05, 4.69) is 13.2 Å². The average Bonchev–Trinajstić information content (AvgIpc) is 2.63. The molecule has 2 nitrogen and oxygen atoms in total. The van der Waals surface area contributed by atoms with Gasteiger partial charge in [-0.15, -0.1) is 6.58 Å². The lowest BCUT2D eigenvalue weighted by Crippen LogP contribution is -2.09. The molecule has 0 radical (unpaired) electrons. The number of rotatable bonds is 5. The second kappa shape index (κ2) is 10.1. The van der Waals surface area contributed by atoms with Gasteiger partial charge in [-0.05, 0) is 36.8 Å². The number of allylic oxidation sites excluding steroid dienone is 1. The number of benzene rings is 2. The molecule has 0 atom stereocenters. The van der Waals surface area contributed by atoms with Gasteiger partial charge < -0.3 is 9.84 Å². The van der Waals surface area contributed by atoms with Crippen LogP contribution in [0.2, 0.25) is 0 Å². The minimum Gasteiger partial charge on any atom is -0.505 e. The average molecular weight is 440 g/mol. The summed E-state index contributed by atoms with van der Waals surface area (Å²) in [5, 5.41) is 9.15. The molecule has 2 aromatic carbocycles. The quantitative estimate of drug-likeness (QED) is 0.415. The molecule has 0 aliphatic rings. The smallest absolute Gasteiger partial charge is 0.416 e. The number of hydrogen-bond donors (Lipinski definition) is 1. The Kier molecular flexibility index (Phi) is 8.44. The number of halogens is 8. The van der Waals surface area contributed by atoms with E-state index in [1.54, 1.807) is 0 Å². The summed E-state index contributed by atoms with van der Waals surface area (Å²) < 4.78 is 104.